The molecule has 4 atom stereocenters. The van der Waals surface area contributed by atoms with Gasteiger partial charge in [-0.25, -0.2) is 0 Å². The lowest BCUT2D eigenvalue weighted by Crippen LogP contribution is -2.69. The highest BCUT2D eigenvalue weighted by Crippen LogP contribution is 2.81. The first-order valence-electron chi connectivity index (χ1n) is 6.45. The first-order valence-corrected chi connectivity index (χ1v) is 6.45. The number of rotatable bonds is 2. The summed E-state index contributed by atoms with van der Waals surface area (Å²) < 4.78 is 4.80. The van der Waals surface area contributed by atoms with Gasteiger partial charge in [0.25, 0.3) is 0 Å². The van der Waals surface area contributed by atoms with Gasteiger partial charge in [0.1, 0.15) is 0 Å². The summed E-state index contributed by atoms with van der Waals surface area (Å²) in [5, 5.41) is 10.5. The molecule has 2 bridgehead atoms. The number of methoxy groups -OCH3 is 1. The molecule has 0 radical (unpaired) electrons. The first kappa shape index (κ1) is 11.3. The molecule has 3 saturated carbocycles. The molecular formula is C14H20O3. The molecule has 3 fully saturated rings. The molecule has 0 amide bonds. The van der Waals surface area contributed by atoms with Gasteiger partial charge in [-0.2, -0.15) is 0 Å². The summed E-state index contributed by atoms with van der Waals surface area (Å²) in [6.45, 7) is 2.25. The Labute approximate surface area is 102 Å². The molecule has 0 heterocycles. The minimum atomic E-state index is -0.365. The van der Waals surface area contributed by atoms with Gasteiger partial charge >= 0.3 is 5.97 Å². The number of allylic oxidation sites excluding steroid dienone is 1. The number of esters is 1. The van der Waals surface area contributed by atoms with Crippen LogP contribution in [0.4, 0.5) is 0 Å². The molecule has 0 saturated heterocycles. The molecule has 3 nitrogen and oxygen atoms in total. The molecule has 4 rings (SSSR count). The van der Waals surface area contributed by atoms with Gasteiger partial charge in [-0.15, -0.1) is 0 Å². The highest BCUT2D eigenvalue weighted by Gasteiger charge is 2.80. The number of fused-ring (bicyclic) bond motifs is 1. The largest absolute Gasteiger partial charge is 0.469 e. The van der Waals surface area contributed by atoms with Gasteiger partial charge in [0, 0.05) is 10.8 Å². The average molecular weight is 236 g/mol. The highest BCUT2D eigenvalue weighted by atomic mass is 16.5. The molecule has 3 heteroatoms. The predicted molar refractivity (Wildman–Crippen MR) is 63.2 cm³/mol. The lowest BCUT2D eigenvalue weighted by atomic mass is 9.37. The van der Waals surface area contributed by atoms with Crippen LogP contribution in [0, 0.1) is 16.2 Å². The maximum atomic E-state index is 11.6. The summed E-state index contributed by atoms with van der Waals surface area (Å²) in [7, 11) is 1.43. The zero-order valence-electron chi connectivity index (χ0n) is 10.5. The monoisotopic (exact) mass is 236 g/mol. The Morgan fingerprint density at radius 3 is 2.94 bits per heavy atom. The molecular weight excluding hydrogens is 216 g/mol. The lowest BCUT2D eigenvalue weighted by molar-refractivity contribution is -0.243. The maximum Gasteiger partial charge on any atom is 0.306 e. The molecule has 17 heavy (non-hydrogen) atoms. The van der Waals surface area contributed by atoms with E-state index in [-0.39, 0.29) is 28.3 Å². The average Bonchev–Trinajstić information content (AvgIpc) is 2.76. The summed E-state index contributed by atoms with van der Waals surface area (Å²) in [5.74, 6) is -0.185. The van der Waals surface area contributed by atoms with Gasteiger partial charge in [0.15, 0.2) is 0 Å². The second-order valence-corrected chi connectivity index (χ2v) is 6.13. The highest BCUT2D eigenvalue weighted by molar-refractivity contribution is 5.71. The van der Waals surface area contributed by atoms with Crippen LogP contribution in [0.25, 0.3) is 0 Å². The van der Waals surface area contributed by atoms with Crippen molar-refractivity contribution >= 4 is 5.97 Å². The number of aliphatic hydroxyl groups excluding tert-OH is 1. The number of carbonyl (C=O) groups excluding carboxylic acids is 1. The van der Waals surface area contributed by atoms with Gasteiger partial charge in [-0.05, 0) is 31.1 Å². The summed E-state index contributed by atoms with van der Waals surface area (Å²) >= 11 is 0. The standard InChI is InChI=1S/C14H20O3/c1-12-5-3-4-6-13(12)7-8-14(12,11(13)16)9-10(15)17-2/h4,6,11,16H,3,5,7-9H2,1-2H3/t11-,12+,13-,14-/m0/s1. The van der Waals surface area contributed by atoms with E-state index in [9.17, 15) is 9.90 Å². The van der Waals surface area contributed by atoms with Gasteiger partial charge < -0.3 is 9.84 Å². The van der Waals surface area contributed by atoms with Crippen LogP contribution in [0.15, 0.2) is 12.2 Å². The van der Waals surface area contributed by atoms with E-state index in [0.29, 0.717) is 6.42 Å². The van der Waals surface area contributed by atoms with Crippen LogP contribution in [0.2, 0.25) is 0 Å². The molecule has 0 aliphatic heterocycles. The summed E-state index contributed by atoms with van der Waals surface area (Å²) in [5.41, 5.74) is -0.202. The third kappa shape index (κ3) is 0.967. The predicted octanol–water partition coefficient (Wildman–Crippen LogP) is 2.05. The summed E-state index contributed by atoms with van der Waals surface area (Å²) in [6.07, 6.45) is 8.52. The zero-order valence-corrected chi connectivity index (χ0v) is 10.5. The molecule has 1 N–H and O–H groups in total. The quantitative estimate of drug-likeness (QED) is 0.589. The fraction of sp³-hybridized carbons (Fsp3) is 0.786. The number of carbonyl (C=O) groups is 1. The Bertz CT molecular complexity index is 402. The van der Waals surface area contributed by atoms with E-state index in [2.05, 4.69) is 19.1 Å². The van der Waals surface area contributed by atoms with Gasteiger partial charge in [0.2, 0.25) is 0 Å². The Kier molecular flexibility index (Phi) is 2.08. The molecule has 0 aromatic heterocycles. The van der Waals surface area contributed by atoms with Gasteiger partial charge in [0.05, 0.1) is 19.6 Å². The minimum Gasteiger partial charge on any atom is -0.469 e. The van der Waals surface area contributed by atoms with E-state index in [1.165, 1.54) is 7.11 Å². The third-order valence-electron chi connectivity index (χ3n) is 6.04. The SMILES string of the molecule is COC(=O)C[C@]12CC[C@@]3(C=CCC[C@@]13C)[C@@H]2O. The maximum absolute atomic E-state index is 11.6. The van der Waals surface area contributed by atoms with Crippen molar-refractivity contribution in [3.63, 3.8) is 0 Å². The van der Waals surface area contributed by atoms with Crippen molar-refractivity contribution in [3.8, 4) is 0 Å². The molecule has 0 aromatic rings. The molecule has 0 unspecified atom stereocenters. The second-order valence-electron chi connectivity index (χ2n) is 6.13. The van der Waals surface area contributed by atoms with Crippen LogP contribution >= 0.6 is 0 Å². The Morgan fingerprint density at radius 2 is 2.24 bits per heavy atom. The van der Waals surface area contributed by atoms with Crippen LogP contribution in [0.3, 0.4) is 0 Å². The third-order valence-corrected chi connectivity index (χ3v) is 6.04. The van der Waals surface area contributed by atoms with Crippen molar-refractivity contribution in [2.45, 2.75) is 45.1 Å². The van der Waals surface area contributed by atoms with Crippen molar-refractivity contribution in [1.29, 1.82) is 0 Å². The fourth-order valence-electron chi connectivity index (χ4n) is 4.95. The van der Waals surface area contributed by atoms with Gasteiger partial charge in [-0.1, -0.05) is 19.1 Å². The molecule has 0 aromatic carbocycles. The first-order chi connectivity index (χ1) is 8.02. The van der Waals surface area contributed by atoms with Crippen LogP contribution < -0.4 is 0 Å². The number of aliphatic hydroxyl groups is 1. The van der Waals surface area contributed by atoms with Crippen molar-refractivity contribution in [1.82, 2.24) is 0 Å². The van der Waals surface area contributed by atoms with Crippen LogP contribution in [0.1, 0.15) is 39.0 Å². The normalized spacial score (nSPS) is 50.6. The van der Waals surface area contributed by atoms with E-state index in [1.807, 2.05) is 0 Å². The fourth-order valence-corrected chi connectivity index (χ4v) is 4.95. The van der Waals surface area contributed by atoms with E-state index in [1.54, 1.807) is 0 Å². The zero-order chi connectivity index (χ0) is 12.3. The van der Waals surface area contributed by atoms with Crippen LogP contribution in [-0.4, -0.2) is 24.3 Å². The van der Waals surface area contributed by atoms with Gasteiger partial charge in [-0.3, -0.25) is 4.79 Å². The van der Waals surface area contributed by atoms with Crippen molar-refractivity contribution < 1.29 is 14.6 Å². The smallest absolute Gasteiger partial charge is 0.306 e. The number of hydrogen-bond donors (Lipinski definition) is 1. The Balaban J connectivity index is 1.98. The van der Waals surface area contributed by atoms with E-state index < -0.39 is 0 Å². The van der Waals surface area contributed by atoms with Crippen molar-refractivity contribution in [2.24, 2.45) is 16.2 Å². The summed E-state index contributed by atoms with van der Waals surface area (Å²) in [4.78, 5) is 11.6. The number of ether oxygens (including phenoxy) is 1. The summed E-state index contributed by atoms with van der Waals surface area (Å²) in [6, 6.07) is 0. The topological polar surface area (TPSA) is 46.5 Å². The minimum absolute atomic E-state index is 0.0563. The van der Waals surface area contributed by atoms with Crippen molar-refractivity contribution in [3.05, 3.63) is 12.2 Å². The molecule has 4 aliphatic carbocycles. The second kappa shape index (κ2) is 3.14. The molecule has 94 valence electrons. The Hall–Kier alpha value is -0.830. The molecule has 4 aliphatic rings. The van der Waals surface area contributed by atoms with E-state index in [4.69, 9.17) is 4.74 Å². The Morgan fingerprint density at radius 1 is 1.47 bits per heavy atom. The number of hydrogen-bond acceptors (Lipinski definition) is 3. The van der Waals surface area contributed by atoms with Crippen LogP contribution in [-0.2, 0) is 9.53 Å². The molecule has 1 spiro atoms. The van der Waals surface area contributed by atoms with E-state index >= 15 is 0 Å². The van der Waals surface area contributed by atoms with Crippen molar-refractivity contribution in [2.75, 3.05) is 7.11 Å². The van der Waals surface area contributed by atoms with E-state index in [0.717, 1.165) is 25.7 Å². The lowest BCUT2D eigenvalue weighted by Gasteiger charge is -2.67. The van der Waals surface area contributed by atoms with Crippen LogP contribution in [0.5, 0.6) is 0 Å².